The highest BCUT2D eigenvalue weighted by atomic mass is 19.1. The van der Waals surface area contributed by atoms with E-state index in [0.717, 1.165) is 6.07 Å². The number of carbonyl (C=O) groups is 1. The van der Waals surface area contributed by atoms with Crippen molar-refractivity contribution in [2.45, 2.75) is 6.61 Å². The van der Waals surface area contributed by atoms with Gasteiger partial charge in [0.25, 0.3) is 0 Å². The highest BCUT2D eigenvalue weighted by Crippen LogP contribution is 2.13. The van der Waals surface area contributed by atoms with Crippen LogP contribution in [0.4, 0.5) is 10.1 Å². The number of hydrogen-bond acceptors (Lipinski definition) is 5. The van der Waals surface area contributed by atoms with E-state index in [4.69, 9.17) is 10.5 Å². The molecule has 1 aromatic carbocycles. The van der Waals surface area contributed by atoms with Gasteiger partial charge in [0.2, 0.25) is 0 Å². The van der Waals surface area contributed by atoms with E-state index in [-0.39, 0.29) is 17.9 Å². The van der Waals surface area contributed by atoms with Crippen LogP contribution in [0, 0.1) is 5.82 Å². The molecule has 0 radical (unpaired) electrons. The second kappa shape index (κ2) is 4.82. The van der Waals surface area contributed by atoms with Crippen molar-refractivity contribution in [3.05, 3.63) is 41.5 Å². The Balaban J connectivity index is 2.01. The Hall–Kier alpha value is -2.44. The number of ether oxygens (including phenoxy) is 1. The zero-order chi connectivity index (χ0) is 13.1. The molecule has 0 unspecified atom stereocenters. The van der Waals surface area contributed by atoms with E-state index in [1.54, 1.807) is 13.2 Å². The first-order chi connectivity index (χ1) is 8.56. The number of nitrogen functional groups attached to an aromatic ring is 1. The first-order valence-electron chi connectivity index (χ1n) is 5.13. The number of aromatic nitrogens is 3. The minimum atomic E-state index is -0.590. The SMILES string of the molecule is Cn1cc(COC(=O)c2ccc(F)c(N)c2)nn1. The van der Waals surface area contributed by atoms with Gasteiger partial charge in [-0.3, -0.25) is 4.68 Å². The van der Waals surface area contributed by atoms with Crippen molar-refractivity contribution < 1.29 is 13.9 Å². The zero-order valence-corrected chi connectivity index (χ0v) is 9.63. The number of hydrogen-bond donors (Lipinski definition) is 1. The smallest absolute Gasteiger partial charge is 0.338 e. The summed E-state index contributed by atoms with van der Waals surface area (Å²) in [7, 11) is 1.71. The molecular formula is C11H11FN4O2. The Labute approximate surface area is 102 Å². The van der Waals surface area contributed by atoms with Crippen molar-refractivity contribution in [1.82, 2.24) is 15.0 Å². The Kier molecular flexibility index (Phi) is 3.22. The van der Waals surface area contributed by atoms with E-state index in [0.29, 0.717) is 5.69 Å². The first kappa shape index (κ1) is 12.0. The van der Waals surface area contributed by atoms with Crippen molar-refractivity contribution in [2.24, 2.45) is 7.05 Å². The maximum absolute atomic E-state index is 12.9. The molecule has 6 nitrogen and oxygen atoms in total. The quantitative estimate of drug-likeness (QED) is 0.646. The Morgan fingerprint density at radius 2 is 2.33 bits per heavy atom. The van der Waals surface area contributed by atoms with Crippen LogP contribution in [0.2, 0.25) is 0 Å². The van der Waals surface area contributed by atoms with Gasteiger partial charge in [-0.1, -0.05) is 5.21 Å². The molecular weight excluding hydrogens is 239 g/mol. The molecule has 2 rings (SSSR count). The molecule has 2 N–H and O–H groups in total. The monoisotopic (exact) mass is 250 g/mol. The summed E-state index contributed by atoms with van der Waals surface area (Å²) in [5.41, 5.74) is 5.99. The predicted octanol–water partition coefficient (Wildman–Crippen LogP) is 0.893. The molecule has 7 heteroatoms. The fraction of sp³-hybridized carbons (Fsp3) is 0.182. The Morgan fingerprint density at radius 3 is 2.94 bits per heavy atom. The molecule has 0 aliphatic heterocycles. The number of halogens is 1. The van der Waals surface area contributed by atoms with Crippen LogP contribution >= 0.6 is 0 Å². The Bertz CT molecular complexity index is 582. The number of benzene rings is 1. The maximum Gasteiger partial charge on any atom is 0.338 e. The molecule has 0 amide bonds. The number of anilines is 1. The van der Waals surface area contributed by atoms with Gasteiger partial charge in [0.05, 0.1) is 17.4 Å². The molecule has 0 fully saturated rings. The van der Waals surface area contributed by atoms with Crippen molar-refractivity contribution in [2.75, 3.05) is 5.73 Å². The second-order valence-electron chi connectivity index (χ2n) is 3.70. The van der Waals surface area contributed by atoms with Crippen LogP contribution < -0.4 is 5.73 Å². The maximum atomic E-state index is 12.9. The average Bonchev–Trinajstić information content (AvgIpc) is 2.75. The summed E-state index contributed by atoms with van der Waals surface area (Å²) in [6.07, 6.45) is 1.63. The molecule has 0 saturated carbocycles. The molecule has 0 saturated heterocycles. The number of nitrogens with zero attached hydrogens (tertiary/aromatic N) is 3. The number of esters is 1. The van der Waals surface area contributed by atoms with Crippen LogP contribution in [0.15, 0.2) is 24.4 Å². The van der Waals surface area contributed by atoms with Crippen LogP contribution in [0.3, 0.4) is 0 Å². The highest BCUT2D eigenvalue weighted by molar-refractivity contribution is 5.90. The van der Waals surface area contributed by atoms with Crippen molar-refractivity contribution in [3.63, 3.8) is 0 Å². The van der Waals surface area contributed by atoms with Crippen LogP contribution in [0.1, 0.15) is 16.1 Å². The minimum absolute atomic E-state index is 0.00392. The molecule has 2 aromatic rings. The average molecular weight is 250 g/mol. The minimum Gasteiger partial charge on any atom is -0.455 e. The highest BCUT2D eigenvalue weighted by Gasteiger charge is 2.10. The number of aryl methyl sites for hydroxylation is 1. The molecule has 0 spiro atoms. The van der Waals surface area contributed by atoms with Gasteiger partial charge in [0.1, 0.15) is 18.1 Å². The number of nitrogens with two attached hydrogens (primary N) is 1. The molecule has 1 heterocycles. The van der Waals surface area contributed by atoms with Gasteiger partial charge in [-0.25, -0.2) is 9.18 Å². The normalized spacial score (nSPS) is 10.3. The van der Waals surface area contributed by atoms with E-state index >= 15 is 0 Å². The summed E-state index contributed by atoms with van der Waals surface area (Å²) < 4.78 is 19.4. The summed E-state index contributed by atoms with van der Waals surface area (Å²) in [5.74, 6) is -1.16. The van der Waals surface area contributed by atoms with Gasteiger partial charge in [-0.2, -0.15) is 0 Å². The van der Waals surface area contributed by atoms with Crippen LogP contribution in [-0.4, -0.2) is 21.0 Å². The van der Waals surface area contributed by atoms with Crippen molar-refractivity contribution in [1.29, 1.82) is 0 Å². The molecule has 0 aliphatic carbocycles. The largest absolute Gasteiger partial charge is 0.455 e. The van der Waals surface area contributed by atoms with Gasteiger partial charge >= 0.3 is 5.97 Å². The first-order valence-corrected chi connectivity index (χ1v) is 5.13. The lowest BCUT2D eigenvalue weighted by molar-refractivity contribution is 0.0467. The molecule has 0 atom stereocenters. The lowest BCUT2D eigenvalue weighted by Gasteiger charge is -2.03. The van der Waals surface area contributed by atoms with Gasteiger partial charge in [0.15, 0.2) is 0 Å². The number of carbonyl (C=O) groups excluding carboxylic acids is 1. The third-order valence-corrected chi connectivity index (χ3v) is 2.23. The van der Waals surface area contributed by atoms with Gasteiger partial charge in [-0.05, 0) is 18.2 Å². The van der Waals surface area contributed by atoms with Gasteiger partial charge < -0.3 is 10.5 Å². The molecule has 0 aliphatic rings. The lowest BCUT2D eigenvalue weighted by atomic mass is 10.2. The van der Waals surface area contributed by atoms with Crippen LogP contribution in [0.5, 0.6) is 0 Å². The fourth-order valence-corrected chi connectivity index (χ4v) is 1.35. The summed E-state index contributed by atoms with van der Waals surface area (Å²) in [6.45, 7) is 0.00392. The summed E-state index contributed by atoms with van der Waals surface area (Å²) in [6, 6.07) is 3.66. The predicted molar refractivity (Wildman–Crippen MR) is 60.9 cm³/mol. The number of rotatable bonds is 3. The standard InChI is InChI=1S/C11H11FN4O2/c1-16-5-8(14-15-16)6-18-11(17)7-2-3-9(12)10(13)4-7/h2-5H,6,13H2,1H3. The fourth-order valence-electron chi connectivity index (χ4n) is 1.35. The topological polar surface area (TPSA) is 83.0 Å². The van der Waals surface area contributed by atoms with Gasteiger partial charge in [0, 0.05) is 7.05 Å². The van der Waals surface area contributed by atoms with E-state index in [9.17, 15) is 9.18 Å². The third kappa shape index (κ3) is 2.62. The van der Waals surface area contributed by atoms with Crippen molar-refractivity contribution in [3.8, 4) is 0 Å². The van der Waals surface area contributed by atoms with E-state index < -0.39 is 11.8 Å². The molecule has 0 bridgehead atoms. The zero-order valence-electron chi connectivity index (χ0n) is 9.63. The summed E-state index contributed by atoms with van der Waals surface area (Å²) in [5, 5.41) is 7.46. The van der Waals surface area contributed by atoms with E-state index in [2.05, 4.69) is 10.3 Å². The molecule has 18 heavy (non-hydrogen) atoms. The van der Waals surface area contributed by atoms with Crippen LogP contribution in [-0.2, 0) is 18.4 Å². The van der Waals surface area contributed by atoms with Crippen molar-refractivity contribution >= 4 is 11.7 Å². The summed E-state index contributed by atoms with van der Waals surface area (Å²) in [4.78, 5) is 11.6. The van der Waals surface area contributed by atoms with Crippen LogP contribution in [0.25, 0.3) is 0 Å². The second-order valence-corrected chi connectivity index (χ2v) is 3.70. The van der Waals surface area contributed by atoms with E-state index in [1.807, 2.05) is 0 Å². The third-order valence-electron chi connectivity index (χ3n) is 2.23. The lowest BCUT2D eigenvalue weighted by Crippen LogP contribution is -2.06. The molecule has 1 aromatic heterocycles. The Morgan fingerprint density at radius 1 is 1.56 bits per heavy atom. The van der Waals surface area contributed by atoms with E-state index in [1.165, 1.54) is 16.8 Å². The molecule has 94 valence electrons. The summed E-state index contributed by atoms with van der Waals surface area (Å²) >= 11 is 0. The van der Waals surface area contributed by atoms with Gasteiger partial charge in [-0.15, -0.1) is 5.10 Å².